The highest BCUT2D eigenvalue weighted by atomic mass is 32.2. The molecule has 0 saturated carbocycles. The average molecular weight is 494 g/mol. The number of nitrogens with zero attached hydrogens (tertiary/aromatic N) is 4. The second kappa shape index (κ2) is 9.67. The van der Waals surface area contributed by atoms with Crippen LogP contribution in [-0.2, 0) is 16.6 Å². The molecule has 9 nitrogen and oxygen atoms in total. The van der Waals surface area contributed by atoms with Gasteiger partial charge in [0.1, 0.15) is 5.82 Å². The second-order valence-corrected chi connectivity index (χ2v) is 10.6. The fourth-order valence-electron chi connectivity index (χ4n) is 3.51. The molecule has 3 aromatic rings. The monoisotopic (exact) mass is 493 g/mol. The maximum Gasteiger partial charge on any atom is 0.256 e. The number of thiophene rings is 1. The quantitative estimate of drug-likeness (QED) is 0.539. The topological polar surface area (TPSA) is 109 Å². The minimum atomic E-state index is -3.84. The molecule has 4 rings (SSSR count). The van der Waals surface area contributed by atoms with Gasteiger partial charge in [-0.2, -0.15) is 4.98 Å². The summed E-state index contributed by atoms with van der Waals surface area (Å²) >= 11 is 1.53. The number of hydrogen-bond acceptors (Lipinski definition) is 8. The van der Waals surface area contributed by atoms with Crippen molar-refractivity contribution in [3.63, 3.8) is 0 Å². The van der Waals surface area contributed by atoms with E-state index < -0.39 is 21.7 Å². The van der Waals surface area contributed by atoms with E-state index in [1.807, 2.05) is 17.5 Å². The lowest BCUT2D eigenvalue weighted by atomic mass is 10.1. The van der Waals surface area contributed by atoms with Gasteiger partial charge in [0.05, 0.1) is 21.9 Å². The molecule has 0 bridgehead atoms. The molecule has 1 aromatic carbocycles. The van der Waals surface area contributed by atoms with Gasteiger partial charge in [-0.3, -0.25) is 9.69 Å². The molecule has 1 aliphatic heterocycles. The highest BCUT2D eigenvalue weighted by molar-refractivity contribution is 7.89. The van der Waals surface area contributed by atoms with Gasteiger partial charge >= 0.3 is 0 Å². The van der Waals surface area contributed by atoms with Crippen molar-refractivity contribution in [1.29, 1.82) is 0 Å². The van der Waals surface area contributed by atoms with Gasteiger partial charge in [0.2, 0.25) is 21.7 Å². The van der Waals surface area contributed by atoms with E-state index in [4.69, 9.17) is 4.52 Å². The molecule has 0 radical (unpaired) electrons. The number of aromatic nitrogens is 2. The van der Waals surface area contributed by atoms with E-state index in [1.54, 1.807) is 13.8 Å². The molecular weight excluding hydrogens is 469 g/mol. The molecule has 1 fully saturated rings. The molecule has 1 aliphatic rings. The van der Waals surface area contributed by atoms with Crippen LogP contribution in [0.15, 0.2) is 45.1 Å². The van der Waals surface area contributed by atoms with Gasteiger partial charge in [0, 0.05) is 32.2 Å². The summed E-state index contributed by atoms with van der Waals surface area (Å²) in [5.41, 5.74) is -0.257. The van der Waals surface area contributed by atoms with Crippen LogP contribution in [0.2, 0.25) is 0 Å². The van der Waals surface area contributed by atoms with Crippen LogP contribution in [0.25, 0.3) is 10.7 Å². The van der Waals surface area contributed by atoms with Crippen LogP contribution in [0.1, 0.15) is 30.1 Å². The highest BCUT2D eigenvalue weighted by Crippen LogP contribution is 2.22. The Balaban J connectivity index is 1.39. The number of nitrogens with one attached hydrogen (secondary N) is 1. The standard InChI is InChI=1S/C21H24FN5O4S2/c1-14(2)25-33(29,30)15-5-6-17(22)16(12-15)21(28)27-9-7-26(8-10-27)13-19-23-20(24-31-19)18-4-3-11-32-18/h3-6,11-12,14,25H,7-10,13H2,1-2H3. The first-order valence-electron chi connectivity index (χ1n) is 10.4. The first kappa shape index (κ1) is 23.5. The molecule has 0 atom stereocenters. The second-order valence-electron chi connectivity index (χ2n) is 7.98. The number of sulfonamides is 1. The third kappa shape index (κ3) is 5.46. The SMILES string of the molecule is CC(C)NS(=O)(=O)c1ccc(F)c(C(=O)N2CCN(Cc3nc(-c4cccs4)no3)CC2)c1. The molecule has 1 amide bonds. The van der Waals surface area contributed by atoms with Crippen molar-refractivity contribution in [2.24, 2.45) is 0 Å². The number of hydrogen-bond donors (Lipinski definition) is 1. The van der Waals surface area contributed by atoms with Crippen LogP contribution in [0, 0.1) is 5.82 Å². The Morgan fingerprint density at radius 2 is 2.00 bits per heavy atom. The van der Waals surface area contributed by atoms with Crippen LogP contribution >= 0.6 is 11.3 Å². The molecule has 2 aromatic heterocycles. The Labute approximate surface area is 195 Å². The van der Waals surface area contributed by atoms with Gasteiger partial charge < -0.3 is 9.42 Å². The molecule has 1 N–H and O–H groups in total. The number of halogens is 1. The van der Waals surface area contributed by atoms with Gasteiger partial charge in [-0.1, -0.05) is 11.2 Å². The molecule has 0 aliphatic carbocycles. The van der Waals surface area contributed by atoms with E-state index in [0.717, 1.165) is 23.1 Å². The molecular formula is C21H24FN5O4S2. The summed E-state index contributed by atoms with van der Waals surface area (Å²) in [4.78, 5) is 21.7. The predicted octanol–water partition coefficient (Wildman–Crippen LogP) is 2.58. The van der Waals surface area contributed by atoms with E-state index >= 15 is 0 Å². The molecule has 12 heteroatoms. The summed E-state index contributed by atoms with van der Waals surface area (Å²) < 4.78 is 47.0. The lowest BCUT2D eigenvalue weighted by Gasteiger charge is -2.34. The first-order valence-corrected chi connectivity index (χ1v) is 12.8. The Morgan fingerprint density at radius 3 is 2.67 bits per heavy atom. The van der Waals surface area contributed by atoms with E-state index in [2.05, 4.69) is 19.8 Å². The molecule has 0 unspecified atom stereocenters. The van der Waals surface area contributed by atoms with E-state index in [9.17, 15) is 17.6 Å². The summed E-state index contributed by atoms with van der Waals surface area (Å²) in [5.74, 6) is -0.254. The average Bonchev–Trinajstić information content (AvgIpc) is 3.45. The van der Waals surface area contributed by atoms with E-state index in [1.165, 1.54) is 16.2 Å². The molecule has 176 valence electrons. The van der Waals surface area contributed by atoms with Gasteiger partial charge in [-0.15, -0.1) is 11.3 Å². The van der Waals surface area contributed by atoms with E-state index in [0.29, 0.717) is 44.4 Å². The normalized spacial score (nSPS) is 15.3. The number of benzene rings is 1. The summed E-state index contributed by atoms with van der Waals surface area (Å²) in [5, 5.41) is 5.94. The number of carbonyl (C=O) groups excluding carboxylic acids is 1. The maximum atomic E-state index is 14.4. The first-order chi connectivity index (χ1) is 15.7. The summed E-state index contributed by atoms with van der Waals surface area (Å²) in [6, 6.07) is 6.78. The Kier molecular flexibility index (Phi) is 6.88. The zero-order valence-corrected chi connectivity index (χ0v) is 19.8. The summed E-state index contributed by atoms with van der Waals surface area (Å²) in [6.45, 7) is 5.63. The molecule has 0 spiro atoms. The summed E-state index contributed by atoms with van der Waals surface area (Å²) in [7, 11) is -3.84. The lowest BCUT2D eigenvalue weighted by molar-refractivity contribution is 0.0610. The Hall–Kier alpha value is -2.67. The van der Waals surface area contributed by atoms with Crippen LogP contribution in [0.4, 0.5) is 4.39 Å². The number of carbonyl (C=O) groups is 1. The zero-order chi connectivity index (χ0) is 23.6. The van der Waals surface area contributed by atoms with Crippen molar-refractivity contribution >= 4 is 27.3 Å². The van der Waals surface area contributed by atoms with Crippen molar-refractivity contribution in [1.82, 2.24) is 24.7 Å². The Bertz CT molecular complexity index is 1220. The maximum absolute atomic E-state index is 14.4. The van der Waals surface area contributed by atoms with Crippen LogP contribution < -0.4 is 4.72 Å². The Morgan fingerprint density at radius 1 is 1.24 bits per heavy atom. The van der Waals surface area contributed by atoms with Gasteiger partial charge in [0.15, 0.2) is 0 Å². The van der Waals surface area contributed by atoms with Crippen LogP contribution in [-0.4, -0.2) is 66.5 Å². The van der Waals surface area contributed by atoms with Crippen molar-refractivity contribution in [3.8, 4) is 10.7 Å². The van der Waals surface area contributed by atoms with Crippen LogP contribution in [0.5, 0.6) is 0 Å². The minimum Gasteiger partial charge on any atom is -0.338 e. The minimum absolute atomic E-state index is 0.141. The molecule has 1 saturated heterocycles. The predicted molar refractivity (Wildman–Crippen MR) is 121 cm³/mol. The molecule has 3 heterocycles. The van der Waals surface area contributed by atoms with Crippen molar-refractivity contribution in [2.45, 2.75) is 31.3 Å². The van der Waals surface area contributed by atoms with Crippen LogP contribution in [0.3, 0.4) is 0 Å². The largest absolute Gasteiger partial charge is 0.338 e. The third-order valence-electron chi connectivity index (χ3n) is 5.10. The fraction of sp³-hybridized carbons (Fsp3) is 0.381. The number of piperazine rings is 1. The van der Waals surface area contributed by atoms with Crippen molar-refractivity contribution in [3.05, 3.63) is 53.0 Å². The zero-order valence-electron chi connectivity index (χ0n) is 18.2. The number of rotatable bonds is 7. The third-order valence-corrected chi connectivity index (χ3v) is 7.62. The van der Waals surface area contributed by atoms with E-state index in [-0.39, 0.29) is 16.5 Å². The van der Waals surface area contributed by atoms with Crippen molar-refractivity contribution in [2.75, 3.05) is 26.2 Å². The lowest BCUT2D eigenvalue weighted by Crippen LogP contribution is -2.48. The van der Waals surface area contributed by atoms with Crippen molar-refractivity contribution < 1.29 is 22.1 Å². The van der Waals surface area contributed by atoms with Gasteiger partial charge in [-0.25, -0.2) is 17.5 Å². The van der Waals surface area contributed by atoms with Gasteiger partial charge in [0.25, 0.3) is 5.91 Å². The molecule has 33 heavy (non-hydrogen) atoms. The highest BCUT2D eigenvalue weighted by Gasteiger charge is 2.27. The fourth-order valence-corrected chi connectivity index (χ4v) is 5.44. The number of amides is 1. The summed E-state index contributed by atoms with van der Waals surface area (Å²) in [6.07, 6.45) is 0. The smallest absolute Gasteiger partial charge is 0.256 e. The van der Waals surface area contributed by atoms with Gasteiger partial charge in [-0.05, 0) is 43.5 Å².